The van der Waals surface area contributed by atoms with E-state index in [9.17, 15) is 18.9 Å². The molecule has 0 bridgehead atoms. The average Bonchev–Trinajstić information content (AvgIpc) is 3.02. The lowest BCUT2D eigenvalue weighted by Crippen LogP contribution is -2.34. The lowest BCUT2D eigenvalue weighted by molar-refractivity contribution is -0.125. The number of aryl methyl sites for hydroxylation is 2. The van der Waals surface area contributed by atoms with Crippen molar-refractivity contribution in [3.63, 3.8) is 0 Å². The Morgan fingerprint density at radius 1 is 0.800 bits per heavy atom. The topological polar surface area (TPSA) is 125 Å². The van der Waals surface area contributed by atoms with E-state index in [4.69, 9.17) is 9.42 Å². The van der Waals surface area contributed by atoms with Crippen LogP contribution in [0, 0.1) is 0 Å². The van der Waals surface area contributed by atoms with Crippen molar-refractivity contribution in [2.24, 2.45) is 0 Å². The summed E-state index contributed by atoms with van der Waals surface area (Å²) in [5.74, 6) is 1.24. The molecule has 0 saturated carbocycles. The molecule has 12 heteroatoms. The molecule has 1 heterocycles. The number of benzene rings is 2. The number of nitrogens with zero attached hydrogens (tertiary/aromatic N) is 1. The van der Waals surface area contributed by atoms with Crippen molar-refractivity contribution in [2.75, 3.05) is 42.8 Å². The third-order valence-corrected chi connectivity index (χ3v) is 10.1. The third-order valence-electron chi connectivity index (χ3n) is 6.99. The van der Waals surface area contributed by atoms with Gasteiger partial charge in [0.15, 0.2) is 0 Å². The number of unbranched alkanes of at least 4 members (excludes halogenated alkanes) is 3. The van der Waals surface area contributed by atoms with Crippen LogP contribution in [0.3, 0.4) is 0 Å². The maximum absolute atomic E-state index is 13.3. The second kappa shape index (κ2) is 22.3. The Morgan fingerprint density at radius 2 is 1.40 bits per heavy atom. The van der Waals surface area contributed by atoms with Crippen LogP contribution in [0.1, 0.15) is 75.5 Å². The molecule has 0 spiro atoms. The Balaban J connectivity index is 0.00000345. The van der Waals surface area contributed by atoms with Gasteiger partial charge >= 0.3 is 7.60 Å². The monoisotopic (exact) mass is 679 g/mol. The predicted molar refractivity (Wildman–Crippen MR) is 188 cm³/mol. The first-order chi connectivity index (χ1) is 21.7. The zero-order valence-electron chi connectivity index (χ0n) is 26.9. The van der Waals surface area contributed by atoms with Gasteiger partial charge in [-0.25, -0.2) is 0 Å². The summed E-state index contributed by atoms with van der Waals surface area (Å²) >= 11 is 0. The van der Waals surface area contributed by atoms with Crippen LogP contribution in [0.25, 0.3) is 0 Å². The lowest BCUT2D eigenvalue weighted by atomic mass is 9.95. The summed E-state index contributed by atoms with van der Waals surface area (Å²) in [5, 5.41) is 5.81. The molecule has 0 radical (unpaired) electrons. The molecule has 1 aliphatic heterocycles. The fraction of sp³-hybridized carbons (Fsp3) is 0.545. The van der Waals surface area contributed by atoms with Crippen molar-refractivity contribution in [3.05, 3.63) is 65.2 Å². The van der Waals surface area contributed by atoms with E-state index in [1.807, 2.05) is 49.1 Å². The van der Waals surface area contributed by atoms with E-state index < -0.39 is 7.60 Å². The van der Waals surface area contributed by atoms with Gasteiger partial charge in [0.1, 0.15) is 0 Å². The minimum atomic E-state index is -3.39. The van der Waals surface area contributed by atoms with Crippen LogP contribution >= 0.6 is 29.2 Å². The van der Waals surface area contributed by atoms with Crippen LogP contribution in [-0.4, -0.2) is 60.5 Å². The number of hydrogen-bond donors (Lipinski definition) is 3. The molecule has 0 aromatic heterocycles. The standard InChI is InChI=1S/C31H44N3O6PS2.C2H6/c1-41(38,39)40-21-9-3-2-8-19-32-30(36)18-22-42-43-23-20-33-29(35)16-17-31(37)34-24-27-12-5-4-10-25(27)14-15-26-11-6-7-13-28(26)34;1-2/h4-7,10-13H,2-3,8-9,14-24H2,1H3,(H,32,36)(H,33,35)(H,38,39);1-2H3. The van der Waals surface area contributed by atoms with Gasteiger partial charge in [0.25, 0.3) is 0 Å². The number of amides is 3. The fourth-order valence-corrected chi connectivity index (χ4v) is 7.11. The molecule has 3 N–H and O–H groups in total. The Morgan fingerprint density at radius 3 is 2.16 bits per heavy atom. The van der Waals surface area contributed by atoms with Crippen LogP contribution in [-0.2, 0) is 42.9 Å². The van der Waals surface area contributed by atoms with Crippen LogP contribution in [0.5, 0.6) is 0 Å². The number of para-hydroxylation sites is 1. The van der Waals surface area contributed by atoms with Gasteiger partial charge in [-0.2, -0.15) is 0 Å². The molecule has 2 aromatic rings. The summed E-state index contributed by atoms with van der Waals surface area (Å²) in [5.41, 5.74) is 4.49. The molecule has 0 aliphatic carbocycles. The number of carbonyl (C=O) groups excluding carboxylic acids is 3. The summed E-state index contributed by atoms with van der Waals surface area (Å²) in [6, 6.07) is 16.3. The minimum absolute atomic E-state index is 0.0211. The van der Waals surface area contributed by atoms with Gasteiger partial charge < -0.3 is 25.0 Å². The van der Waals surface area contributed by atoms with Gasteiger partial charge in [0.05, 0.1) is 13.2 Å². The molecular weight excluding hydrogens is 629 g/mol. The molecule has 3 amide bonds. The summed E-state index contributed by atoms with van der Waals surface area (Å²) in [6.07, 6.45) is 5.95. The van der Waals surface area contributed by atoms with Crippen LogP contribution in [0.15, 0.2) is 48.5 Å². The molecule has 1 unspecified atom stereocenters. The summed E-state index contributed by atoms with van der Waals surface area (Å²) < 4.78 is 15.9. The number of rotatable bonds is 18. The number of anilines is 1. The van der Waals surface area contributed by atoms with Gasteiger partial charge in [-0.05, 0) is 48.4 Å². The Labute approximate surface area is 277 Å². The third kappa shape index (κ3) is 16.2. The molecule has 250 valence electrons. The molecule has 0 fully saturated rings. The number of hydrogen-bond acceptors (Lipinski definition) is 7. The molecule has 3 rings (SSSR count). The highest BCUT2D eigenvalue weighted by Gasteiger charge is 2.23. The smallest absolute Gasteiger partial charge is 0.325 e. The zero-order chi connectivity index (χ0) is 32.9. The van der Waals surface area contributed by atoms with Gasteiger partial charge in [0.2, 0.25) is 17.7 Å². The number of carbonyl (C=O) groups is 3. The number of nitrogens with one attached hydrogen (secondary N) is 2. The first-order valence-electron chi connectivity index (χ1n) is 15.9. The SMILES string of the molecule is CC.CP(=O)(O)OCCCCCCNC(=O)CCSSCCNC(=O)CCC(=O)N1Cc2ccccc2CCc2ccccc21. The quantitative estimate of drug-likeness (QED) is 0.0924. The van der Waals surface area contributed by atoms with E-state index in [0.29, 0.717) is 31.8 Å². The Hall–Kier alpha value is -2.30. The van der Waals surface area contributed by atoms with E-state index in [2.05, 4.69) is 28.8 Å². The van der Waals surface area contributed by atoms with E-state index in [1.54, 1.807) is 21.6 Å². The van der Waals surface area contributed by atoms with Gasteiger partial charge in [-0.1, -0.05) is 90.7 Å². The molecule has 1 atom stereocenters. The fourth-order valence-electron chi connectivity index (χ4n) is 4.75. The van der Waals surface area contributed by atoms with Crippen LogP contribution < -0.4 is 15.5 Å². The van der Waals surface area contributed by atoms with E-state index in [-0.39, 0.29) is 37.2 Å². The Kier molecular flexibility index (Phi) is 19.2. The van der Waals surface area contributed by atoms with Crippen molar-refractivity contribution in [2.45, 2.75) is 78.2 Å². The normalized spacial score (nSPS) is 13.6. The average molecular weight is 680 g/mol. The van der Waals surface area contributed by atoms with E-state index >= 15 is 0 Å². The zero-order valence-corrected chi connectivity index (χ0v) is 29.5. The minimum Gasteiger partial charge on any atom is -0.356 e. The van der Waals surface area contributed by atoms with Crippen molar-refractivity contribution < 1.29 is 28.4 Å². The van der Waals surface area contributed by atoms with Gasteiger partial charge in [-0.3, -0.25) is 18.9 Å². The van der Waals surface area contributed by atoms with Crippen molar-refractivity contribution in [1.29, 1.82) is 0 Å². The van der Waals surface area contributed by atoms with Gasteiger partial charge in [0, 0.05) is 56.2 Å². The maximum Gasteiger partial charge on any atom is 0.325 e. The van der Waals surface area contributed by atoms with E-state index in [1.165, 1.54) is 12.2 Å². The van der Waals surface area contributed by atoms with Gasteiger partial charge in [-0.15, -0.1) is 0 Å². The second-order valence-corrected chi connectivity index (χ2v) is 15.1. The highest BCUT2D eigenvalue weighted by Crippen LogP contribution is 2.36. The lowest BCUT2D eigenvalue weighted by Gasteiger charge is -2.29. The Bertz CT molecular complexity index is 1240. The highest BCUT2D eigenvalue weighted by atomic mass is 33.1. The first-order valence-corrected chi connectivity index (χ1v) is 20.4. The molecular formula is C33H50N3O6PS2. The predicted octanol–water partition coefficient (Wildman–Crippen LogP) is 6.52. The summed E-state index contributed by atoms with van der Waals surface area (Å²) in [4.78, 5) is 48.6. The molecule has 0 saturated heterocycles. The molecule has 9 nitrogen and oxygen atoms in total. The summed E-state index contributed by atoms with van der Waals surface area (Å²) in [6.45, 7) is 7.09. The highest BCUT2D eigenvalue weighted by molar-refractivity contribution is 8.76. The van der Waals surface area contributed by atoms with Crippen LogP contribution in [0.4, 0.5) is 5.69 Å². The maximum atomic E-state index is 13.3. The van der Waals surface area contributed by atoms with Crippen LogP contribution in [0.2, 0.25) is 0 Å². The van der Waals surface area contributed by atoms with Crippen molar-refractivity contribution in [3.8, 4) is 0 Å². The molecule has 1 aliphatic rings. The molecule has 2 aromatic carbocycles. The van der Waals surface area contributed by atoms with Crippen molar-refractivity contribution >= 4 is 52.6 Å². The largest absolute Gasteiger partial charge is 0.356 e. The van der Waals surface area contributed by atoms with E-state index in [0.717, 1.165) is 61.1 Å². The summed E-state index contributed by atoms with van der Waals surface area (Å²) in [7, 11) is -0.170. The van der Waals surface area contributed by atoms with Crippen molar-refractivity contribution in [1.82, 2.24) is 10.6 Å². The number of fused-ring (bicyclic) bond motifs is 2. The molecule has 45 heavy (non-hydrogen) atoms. The first kappa shape index (κ1) is 38.9. The second-order valence-electron chi connectivity index (χ2n) is 10.5.